The summed E-state index contributed by atoms with van der Waals surface area (Å²) in [5.41, 5.74) is 3.63. The Hall–Kier alpha value is -3.19. The summed E-state index contributed by atoms with van der Waals surface area (Å²) in [5, 5.41) is 14.3. The highest BCUT2D eigenvalue weighted by atomic mass is 19.1. The van der Waals surface area contributed by atoms with E-state index >= 15 is 0 Å². The van der Waals surface area contributed by atoms with Crippen molar-refractivity contribution in [2.24, 2.45) is 5.92 Å². The van der Waals surface area contributed by atoms with Crippen LogP contribution in [-0.2, 0) is 17.9 Å². The van der Waals surface area contributed by atoms with Crippen LogP contribution in [0.25, 0.3) is 11.3 Å². The molecule has 5 rings (SSSR count). The molecular formula is C27H31FN4O2. The molecule has 0 bridgehead atoms. The Labute approximate surface area is 199 Å². The molecule has 0 saturated heterocycles. The van der Waals surface area contributed by atoms with Crippen LogP contribution >= 0.6 is 0 Å². The van der Waals surface area contributed by atoms with E-state index in [9.17, 15) is 14.3 Å². The number of carbonyl (C=O) groups excluding carboxylic acids is 1. The second kappa shape index (κ2) is 9.58. The van der Waals surface area contributed by atoms with Crippen LogP contribution in [0.2, 0.25) is 0 Å². The van der Waals surface area contributed by atoms with Gasteiger partial charge in [-0.15, -0.1) is 0 Å². The molecule has 0 spiro atoms. The zero-order chi connectivity index (χ0) is 23.7. The molecule has 178 valence electrons. The van der Waals surface area contributed by atoms with E-state index in [0.717, 1.165) is 54.3 Å². The molecule has 1 aromatic heterocycles. The van der Waals surface area contributed by atoms with Gasteiger partial charge in [0.2, 0.25) is 0 Å². The third-order valence-electron chi connectivity index (χ3n) is 7.07. The number of imidazole rings is 1. The van der Waals surface area contributed by atoms with Crippen molar-refractivity contribution in [2.45, 2.75) is 58.2 Å². The SMILES string of the molecule is Cc1ccc(Nc2c(-c3ccc(F)cc3)nc3n2CCN(C(=O)[C@@H](O)C2CCCCC2)C3)cc1. The summed E-state index contributed by atoms with van der Waals surface area (Å²) < 4.78 is 15.7. The molecule has 2 aliphatic rings. The van der Waals surface area contributed by atoms with Gasteiger partial charge in [0.1, 0.15) is 29.3 Å². The molecule has 7 heteroatoms. The molecule has 2 aromatic carbocycles. The smallest absolute Gasteiger partial charge is 0.252 e. The highest BCUT2D eigenvalue weighted by molar-refractivity contribution is 5.81. The zero-order valence-electron chi connectivity index (χ0n) is 19.5. The first-order chi connectivity index (χ1) is 16.5. The highest BCUT2D eigenvalue weighted by Gasteiger charge is 2.34. The molecule has 1 aliphatic heterocycles. The zero-order valence-corrected chi connectivity index (χ0v) is 19.5. The van der Waals surface area contributed by atoms with E-state index in [1.807, 2.05) is 31.2 Å². The molecule has 3 aromatic rings. The van der Waals surface area contributed by atoms with E-state index in [1.165, 1.54) is 24.1 Å². The van der Waals surface area contributed by atoms with Crippen molar-refractivity contribution in [2.75, 3.05) is 11.9 Å². The van der Waals surface area contributed by atoms with Gasteiger partial charge in [-0.3, -0.25) is 4.79 Å². The number of carbonyl (C=O) groups is 1. The number of amides is 1. The van der Waals surface area contributed by atoms with Gasteiger partial charge >= 0.3 is 0 Å². The van der Waals surface area contributed by atoms with E-state index in [-0.39, 0.29) is 17.6 Å². The van der Waals surface area contributed by atoms with Crippen LogP contribution in [0.3, 0.4) is 0 Å². The normalized spacial score (nSPS) is 17.3. The van der Waals surface area contributed by atoms with Crippen molar-refractivity contribution in [3.63, 3.8) is 0 Å². The largest absolute Gasteiger partial charge is 0.383 e. The van der Waals surface area contributed by atoms with Gasteiger partial charge in [-0.05, 0) is 62.1 Å². The van der Waals surface area contributed by atoms with E-state index in [0.29, 0.717) is 19.6 Å². The van der Waals surface area contributed by atoms with Crippen molar-refractivity contribution in [1.82, 2.24) is 14.5 Å². The summed E-state index contributed by atoms with van der Waals surface area (Å²) in [6, 6.07) is 14.4. The second-order valence-corrected chi connectivity index (χ2v) is 9.48. The Bertz CT molecular complexity index is 1150. The number of hydrogen-bond acceptors (Lipinski definition) is 4. The third-order valence-corrected chi connectivity index (χ3v) is 7.07. The predicted octanol–water partition coefficient (Wildman–Crippen LogP) is 5.02. The Morgan fingerprint density at radius 3 is 2.47 bits per heavy atom. The molecule has 34 heavy (non-hydrogen) atoms. The van der Waals surface area contributed by atoms with Gasteiger partial charge in [0.15, 0.2) is 0 Å². The number of aliphatic hydroxyl groups excluding tert-OH is 1. The number of aliphatic hydroxyl groups is 1. The monoisotopic (exact) mass is 462 g/mol. The number of nitrogens with zero attached hydrogens (tertiary/aromatic N) is 3. The van der Waals surface area contributed by atoms with Crippen molar-refractivity contribution >= 4 is 17.4 Å². The molecule has 1 saturated carbocycles. The number of hydrogen-bond donors (Lipinski definition) is 2. The molecule has 6 nitrogen and oxygen atoms in total. The maximum Gasteiger partial charge on any atom is 0.252 e. The minimum Gasteiger partial charge on any atom is -0.383 e. The number of aromatic nitrogens is 2. The standard InChI is InChI=1S/C27H31FN4O2/c1-18-7-13-22(14-8-18)29-26-24(19-9-11-21(28)12-10-19)30-23-17-31(15-16-32(23)26)27(34)25(33)20-5-3-2-4-6-20/h7-14,20,25,29,33H,2-6,15-17H2,1H3/t25-/m0/s1. The van der Waals surface area contributed by atoms with E-state index in [4.69, 9.17) is 4.98 Å². The van der Waals surface area contributed by atoms with Crippen molar-refractivity contribution < 1.29 is 14.3 Å². The maximum atomic E-state index is 13.6. The van der Waals surface area contributed by atoms with E-state index in [2.05, 4.69) is 9.88 Å². The summed E-state index contributed by atoms with van der Waals surface area (Å²) >= 11 is 0. The van der Waals surface area contributed by atoms with Gasteiger partial charge in [-0.1, -0.05) is 37.0 Å². The van der Waals surface area contributed by atoms with Gasteiger partial charge in [-0.2, -0.15) is 0 Å². The number of aryl methyl sites for hydroxylation is 1. The van der Waals surface area contributed by atoms with Crippen LogP contribution in [0, 0.1) is 18.7 Å². The predicted molar refractivity (Wildman–Crippen MR) is 130 cm³/mol. The Balaban J connectivity index is 1.44. The van der Waals surface area contributed by atoms with Crippen molar-refractivity contribution in [3.05, 3.63) is 65.7 Å². The lowest BCUT2D eigenvalue weighted by Crippen LogP contribution is -2.46. The minimum absolute atomic E-state index is 0.0523. The van der Waals surface area contributed by atoms with Gasteiger partial charge in [0.05, 0.1) is 6.54 Å². The van der Waals surface area contributed by atoms with Gasteiger partial charge < -0.3 is 19.9 Å². The van der Waals surface area contributed by atoms with Crippen LogP contribution < -0.4 is 5.32 Å². The minimum atomic E-state index is -0.941. The van der Waals surface area contributed by atoms with Crippen LogP contribution in [0.1, 0.15) is 43.5 Å². The average Bonchev–Trinajstić information content (AvgIpc) is 3.23. The Kier molecular flexibility index (Phi) is 6.37. The number of benzene rings is 2. The Morgan fingerprint density at radius 1 is 1.06 bits per heavy atom. The molecule has 2 N–H and O–H groups in total. The molecule has 0 radical (unpaired) electrons. The van der Waals surface area contributed by atoms with Crippen molar-refractivity contribution in [1.29, 1.82) is 0 Å². The molecular weight excluding hydrogens is 431 g/mol. The van der Waals surface area contributed by atoms with Crippen molar-refractivity contribution in [3.8, 4) is 11.3 Å². The van der Waals surface area contributed by atoms with Crippen LogP contribution in [0.15, 0.2) is 48.5 Å². The number of anilines is 2. The summed E-state index contributed by atoms with van der Waals surface area (Å²) in [6.07, 6.45) is 4.22. The first-order valence-corrected chi connectivity index (χ1v) is 12.2. The topological polar surface area (TPSA) is 70.4 Å². The lowest BCUT2D eigenvalue weighted by atomic mass is 9.85. The number of fused-ring (bicyclic) bond motifs is 1. The maximum absolute atomic E-state index is 13.6. The van der Waals surface area contributed by atoms with E-state index in [1.54, 1.807) is 17.0 Å². The molecule has 1 fully saturated rings. The van der Waals surface area contributed by atoms with Crippen LogP contribution in [0.5, 0.6) is 0 Å². The summed E-state index contributed by atoms with van der Waals surface area (Å²) in [7, 11) is 0. The number of rotatable bonds is 5. The van der Waals surface area contributed by atoms with E-state index < -0.39 is 6.10 Å². The second-order valence-electron chi connectivity index (χ2n) is 9.48. The summed E-state index contributed by atoms with van der Waals surface area (Å²) in [6.45, 7) is 3.46. The quantitative estimate of drug-likeness (QED) is 0.558. The molecule has 0 unspecified atom stereocenters. The fourth-order valence-electron chi connectivity index (χ4n) is 5.07. The first-order valence-electron chi connectivity index (χ1n) is 12.2. The third kappa shape index (κ3) is 4.57. The first kappa shape index (κ1) is 22.6. The van der Waals surface area contributed by atoms with Gasteiger partial charge in [0.25, 0.3) is 5.91 Å². The molecule has 1 amide bonds. The number of nitrogens with one attached hydrogen (secondary N) is 1. The number of halogens is 1. The fourth-order valence-corrected chi connectivity index (χ4v) is 5.07. The Morgan fingerprint density at radius 2 is 1.76 bits per heavy atom. The fraction of sp³-hybridized carbons (Fsp3) is 0.407. The summed E-state index contributed by atoms with van der Waals surface area (Å²) in [5.74, 6) is 1.14. The van der Waals surface area contributed by atoms with Gasteiger partial charge in [-0.25, -0.2) is 9.37 Å². The molecule has 1 atom stereocenters. The molecule has 1 aliphatic carbocycles. The lowest BCUT2D eigenvalue weighted by Gasteiger charge is -2.33. The lowest BCUT2D eigenvalue weighted by molar-refractivity contribution is -0.145. The van der Waals surface area contributed by atoms with Crippen LogP contribution in [-0.4, -0.2) is 38.1 Å². The summed E-state index contributed by atoms with van der Waals surface area (Å²) in [4.78, 5) is 19.7. The highest BCUT2D eigenvalue weighted by Crippen LogP contribution is 2.34. The van der Waals surface area contributed by atoms with Gasteiger partial charge in [0, 0.05) is 24.3 Å². The molecule has 2 heterocycles. The van der Waals surface area contributed by atoms with Crippen LogP contribution in [0.4, 0.5) is 15.9 Å². The average molecular weight is 463 g/mol.